The molecule has 0 fully saturated rings. The van der Waals surface area contributed by atoms with Gasteiger partial charge in [-0.2, -0.15) is 9.78 Å². The summed E-state index contributed by atoms with van der Waals surface area (Å²) < 4.78 is 6.88. The number of hydrogen-bond acceptors (Lipinski definition) is 6. The first-order chi connectivity index (χ1) is 15.8. The van der Waals surface area contributed by atoms with E-state index in [9.17, 15) is 19.5 Å². The maximum Gasteiger partial charge on any atom is 0.349 e. The number of H-pyrrole nitrogens is 1. The molecule has 0 aliphatic carbocycles. The van der Waals surface area contributed by atoms with Crippen LogP contribution in [0.1, 0.15) is 15.9 Å². The molecule has 0 unspecified atom stereocenters. The van der Waals surface area contributed by atoms with Gasteiger partial charge in [-0.1, -0.05) is 29.8 Å². The average Bonchev–Trinajstić information content (AvgIpc) is 2.78. The minimum absolute atomic E-state index is 0.0192. The van der Waals surface area contributed by atoms with Crippen LogP contribution >= 0.6 is 11.6 Å². The molecule has 33 heavy (non-hydrogen) atoms. The lowest BCUT2D eigenvalue weighted by Crippen LogP contribution is -2.30. The number of phenolic OH excluding ortho intramolecular Hbond substituents is 1. The summed E-state index contributed by atoms with van der Waals surface area (Å²) in [6.07, 6.45) is 0.980. The molecule has 9 nitrogen and oxygen atoms in total. The van der Waals surface area contributed by atoms with E-state index in [0.29, 0.717) is 16.9 Å². The molecule has 1 heterocycles. The van der Waals surface area contributed by atoms with Gasteiger partial charge in [-0.05, 0) is 55.0 Å². The van der Waals surface area contributed by atoms with E-state index in [1.165, 1.54) is 24.3 Å². The number of hydrogen-bond donors (Lipinski definition) is 3. The maximum atomic E-state index is 12.6. The number of para-hydroxylation sites is 1. The Morgan fingerprint density at radius 2 is 1.88 bits per heavy atom. The van der Waals surface area contributed by atoms with Crippen LogP contribution in [0.4, 0.5) is 5.69 Å². The molecular formula is C23H17ClN4O5. The van der Waals surface area contributed by atoms with Gasteiger partial charge >= 0.3 is 5.69 Å². The molecule has 4 aromatic rings. The summed E-state index contributed by atoms with van der Waals surface area (Å²) in [5.74, 6) is -0.163. The fraction of sp³-hybridized carbons (Fsp3) is 0.0435. The second-order valence-electron chi connectivity index (χ2n) is 7.03. The summed E-state index contributed by atoms with van der Waals surface area (Å²) >= 11 is 6.39. The average molecular weight is 465 g/mol. The summed E-state index contributed by atoms with van der Waals surface area (Å²) in [6.45, 7) is 1.71. The number of carbonyl (C=O) groups is 1. The highest BCUT2D eigenvalue weighted by molar-refractivity contribution is 6.32. The minimum atomic E-state index is -0.709. The molecule has 1 aromatic heterocycles. The van der Waals surface area contributed by atoms with Crippen LogP contribution < -0.4 is 21.3 Å². The third-order valence-electron chi connectivity index (χ3n) is 4.64. The summed E-state index contributed by atoms with van der Waals surface area (Å²) in [4.78, 5) is 38.0. The number of nitrogens with one attached hydrogen (secondary N) is 2. The van der Waals surface area contributed by atoms with Gasteiger partial charge in [0.1, 0.15) is 23.4 Å². The van der Waals surface area contributed by atoms with Gasteiger partial charge in [0, 0.05) is 5.69 Å². The first-order valence-corrected chi connectivity index (χ1v) is 10.1. The second kappa shape index (κ2) is 9.01. The lowest BCUT2D eigenvalue weighted by molar-refractivity contribution is 0.102. The van der Waals surface area contributed by atoms with Gasteiger partial charge in [0.15, 0.2) is 0 Å². The highest BCUT2D eigenvalue weighted by Crippen LogP contribution is 2.36. The number of anilines is 1. The number of aromatic amines is 1. The first-order valence-electron chi connectivity index (χ1n) is 9.68. The molecule has 0 bridgehead atoms. The number of phenols is 1. The van der Waals surface area contributed by atoms with Gasteiger partial charge in [0.2, 0.25) is 0 Å². The number of aryl methyl sites for hydroxylation is 1. The maximum absolute atomic E-state index is 12.6. The molecule has 0 saturated heterocycles. The summed E-state index contributed by atoms with van der Waals surface area (Å²) in [5.41, 5.74) is 0.178. The van der Waals surface area contributed by atoms with Crippen LogP contribution in [-0.2, 0) is 0 Å². The predicted octanol–water partition coefficient (Wildman–Crippen LogP) is 3.63. The van der Waals surface area contributed by atoms with E-state index in [1.54, 1.807) is 37.3 Å². The van der Waals surface area contributed by atoms with E-state index in [0.717, 1.165) is 10.9 Å². The van der Waals surface area contributed by atoms with Crippen molar-refractivity contribution in [2.75, 3.05) is 5.32 Å². The topological polar surface area (TPSA) is 126 Å². The third kappa shape index (κ3) is 4.78. The summed E-state index contributed by atoms with van der Waals surface area (Å²) in [7, 11) is 0. The molecule has 1 amide bonds. The van der Waals surface area contributed by atoms with Gasteiger partial charge in [0.05, 0.1) is 16.3 Å². The Labute approximate surface area is 191 Å². The van der Waals surface area contributed by atoms with Crippen LogP contribution in [0.3, 0.4) is 0 Å². The molecule has 0 aliphatic heterocycles. The van der Waals surface area contributed by atoms with E-state index in [2.05, 4.69) is 15.4 Å². The summed E-state index contributed by atoms with van der Waals surface area (Å²) in [5, 5.41) is 16.8. The molecule has 3 N–H and O–H groups in total. The Morgan fingerprint density at radius 1 is 1.12 bits per heavy atom. The number of halogens is 1. The fourth-order valence-electron chi connectivity index (χ4n) is 3.10. The van der Waals surface area contributed by atoms with Gasteiger partial charge in [-0.15, -0.1) is 0 Å². The number of aromatic nitrogens is 3. The Kier molecular flexibility index (Phi) is 5.97. The van der Waals surface area contributed by atoms with Crippen LogP contribution in [-0.4, -0.2) is 25.8 Å². The van der Waals surface area contributed by atoms with Gasteiger partial charge in [-0.3, -0.25) is 14.6 Å². The molecule has 0 spiro atoms. The van der Waals surface area contributed by atoms with E-state index in [-0.39, 0.29) is 27.8 Å². The van der Waals surface area contributed by atoms with Crippen molar-refractivity contribution in [2.45, 2.75) is 6.92 Å². The number of nitrogens with zero attached hydrogens (tertiary/aromatic N) is 2. The van der Waals surface area contributed by atoms with Crippen LogP contribution in [0.5, 0.6) is 17.2 Å². The zero-order valence-electron chi connectivity index (χ0n) is 17.2. The Hall–Kier alpha value is -4.37. The minimum Gasteiger partial charge on any atom is -0.507 e. The number of benzene rings is 3. The normalized spacial score (nSPS) is 10.6. The van der Waals surface area contributed by atoms with Crippen LogP contribution in [0.15, 0.2) is 76.4 Å². The fourth-order valence-corrected chi connectivity index (χ4v) is 3.40. The Morgan fingerprint density at radius 3 is 2.58 bits per heavy atom. The number of carbonyl (C=O) groups excluding carboxylic acids is 1. The van der Waals surface area contributed by atoms with E-state index < -0.39 is 17.2 Å². The SMILES string of the molecule is Cc1cc(-n2ncc(=O)[nH]c2=O)cc(Cl)c1Oc1ccc(O)c(C(=O)Nc2ccccc2)c1. The molecule has 0 aliphatic rings. The van der Waals surface area contributed by atoms with Crippen LogP contribution in [0.2, 0.25) is 5.02 Å². The van der Waals surface area contributed by atoms with E-state index in [1.807, 2.05) is 6.07 Å². The Balaban J connectivity index is 1.63. The van der Waals surface area contributed by atoms with Crippen molar-refractivity contribution in [2.24, 2.45) is 0 Å². The molecule has 10 heteroatoms. The van der Waals surface area contributed by atoms with E-state index in [4.69, 9.17) is 16.3 Å². The number of aromatic hydroxyl groups is 1. The van der Waals surface area contributed by atoms with Crippen molar-refractivity contribution in [3.63, 3.8) is 0 Å². The van der Waals surface area contributed by atoms with Crippen molar-refractivity contribution < 1.29 is 14.6 Å². The second-order valence-corrected chi connectivity index (χ2v) is 7.43. The lowest BCUT2D eigenvalue weighted by Gasteiger charge is -2.14. The number of ether oxygens (including phenoxy) is 1. The van der Waals surface area contributed by atoms with Gasteiger partial charge in [0.25, 0.3) is 11.5 Å². The van der Waals surface area contributed by atoms with Crippen molar-refractivity contribution in [1.82, 2.24) is 14.8 Å². The third-order valence-corrected chi connectivity index (χ3v) is 4.92. The molecule has 0 atom stereocenters. The van der Waals surface area contributed by atoms with Crippen molar-refractivity contribution in [3.8, 4) is 22.9 Å². The summed E-state index contributed by atoms with van der Waals surface area (Å²) in [6, 6.07) is 16.1. The van der Waals surface area contributed by atoms with E-state index >= 15 is 0 Å². The zero-order valence-corrected chi connectivity index (χ0v) is 18.0. The zero-order chi connectivity index (χ0) is 23.5. The molecular weight excluding hydrogens is 448 g/mol. The van der Waals surface area contributed by atoms with Crippen LogP contribution in [0.25, 0.3) is 5.69 Å². The quantitative estimate of drug-likeness (QED) is 0.414. The van der Waals surface area contributed by atoms with Crippen molar-refractivity contribution in [1.29, 1.82) is 0 Å². The smallest absolute Gasteiger partial charge is 0.349 e. The van der Waals surface area contributed by atoms with Crippen molar-refractivity contribution in [3.05, 3.63) is 104 Å². The van der Waals surface area contributed by atoms with Gasteiger partial charge < -0.3 is 15.2 Å². The van der Waals surface area contributed by atoms with Crippen molar-refractivity contribution >= 4 is 23.2 Å². The molecule has 0 radical (unpaired) electrons. The van der Waals surface area contributed by atoms with Crippen LogP contribution in [0, 0.1) is 6.92 Å². The molecule has 3 aromatic carbocycles. The first kappa shape index (κ1) is 21.8. The monoisotopic (exact) mass is 464 g/mol. The lowest BCUT2D eigenvalue weighted by atomic mass is 10.1. The molecule has 166 valence electrons. The standard InChI is InChI=1S/C23H17ClN4O5/c1-13-9-15(28-23(32)27-20(30)12-25-28)10-18(24)21(13)33-16-7-8-19(29)17(11-16)22(31)26-14-5-3-2-4-6-14/h2-12,29H,1H3,(H,26,31)(H,27,30,32). The Bertz CT molecular complexity index is 1440. The number of amides is 1. The molecule has 4 rings (SSSR count). The highest BCUT2D eigenvalue weighted by Gasteiger charge is 2.16. The van der Waals surface area contributed by atoms with Gasteiger partial charge in [-0.25, -0.2) is 4.79 Å². The predicted molar refractivity (Wildman–Crippen MR) is 123 cm³/mol. The molecule has 0 saturated carbocycles. The highest BCUT2D eigenvalue weighted by atomic mass is 35.5. The number of rotatable bonds is 5. The largest absolute Gasteiger partial charge is 0.507 e.